The first-order chi connectivity index (χ1) is 12.9. The average molecular weight is 379 g/mol. The fourth-order valence-electron chi connectivity index (χ4n) is 4.43. The van der Waals surface area contributed by atoms with E-state index in [0.717, 1.165) is 62.7 Å². The quantitative estimate of drug-likeness (QED) is 0.882. The molecule has 0 radical (unpaired) electrons. The zero-order valence-electron chi connectivity index (χ0n) is 15.4. The second-order valence-corrected chi connectivity index (χ2v) is 7.61. The summed E-state index contributed by atoms with van der Waals surface area (Å²) in [5.74, 6) is 0.630. The normalized spacial score (nSPS) is 20.5. The number of imidazole rings is 1. The Morgan fingerprint density at radius 3 is 2.48 bits per heavy atom. The van der Waals surface area contributed by atoms with Crippen LogP contribution in [0.15, 0.2) is 24.7 Å². The highest BCUT2D eigenvalue weighted by Crippen LogP contribution is 2.40. The molecule has 1 N–H and O–H groups in total. The summed E-state index contributed by atoms with van der Waals surface area (Å²) < 4.78 is 38.2. The number of aromatic nitrogens is 3. The molecule has 0 saturated carbocycles. The number of halogens is 3. The van der Waals surface area contributed by atoms with Crippen LogP contribution in [0.5, 0.6) is 0 Å². The molecular weight excluding hydrogens is 355 g/mol. The van der Waals surface area contributed by atoms with Crippen molar-refractivity contribution >= 4 is 5.82 Å². The van der Waals surface area contributed by atoms with Gasteiger partial charge in [-0.3, -0.25) is 4.90 Å². The van der Waals surface area contributed by atoms with Crippen molar-refractivity contribution in [1.82, 2.24) is 19.9 Å². The van der Waals surface area contributed by atoms with Gasteiger partial charge in [0.05, 0.1) is 17.6 Å². The summed E-state index contributed by atoms with van der Waals surface area (Å²) in [6.07, 6.45) is 2.69. The van der Waals surface area contributed by atoms with E-state index in [4.69, 9.17) is 0 Å². The molecule has 5 nitrogen and oxygen atoms in total. The van der Waals surface area contributed by atoms with Crippen molar-refractivity contribution in [2.45, 2.75) is 50.9 Å². The van der Waals surface area contributed by atoms with Gasteiger partial charge >= 0.3 is 6.18 Å². The van der Waals surface area contributed by atoms with Crippen LogP contribution < -0.4 is 4.90 Å². The predicted octanol–water partition coefficient (Wildman–Crippen LogP) is 3.77. The van der Waals surface area contributed by atoms with E-state index in [1.807, 2.05) is 6.92 Å². The first kappa shape index (κ1) is 18.3. The number of alkyl halides is 3. The molecule has 2 aliphatic rings. The van der Waals surface area contributed by atoms with Crippen molar-refractivity contribution < 1.29 is 13.2 Å². The van der Waals surface area contributed by atoms with Crippen LogP contribution in [0.3, 0.4) is 0 Å². The molecule has 146 valence electrons. The zero-order valence-corrected chi connectivity index (χ0v) is 15.4. The fraction of sp³-hybridized carbons (Fsp3) is 0.579. The zero-order chi connectivity index (χ0) is 19.1. The van der Waals surface area contributed by atoms with Crippen LogP contribution in [0, 0.1) is 6.92 Å². The lowest BCUT2D eigenvalue weighted by molar-refractivity contribution is -0.137. The maximum Gasteiger partial charge on any atom is 0.417 e. The van der Waals surface area contributed by atoms with Crippen LogP contribution in [0.25, 0.3) is 0 Å². The number of H-pyrrole nitrogens is 1. The van der Waals surface area contributed by atoms with Gasteiger partial charge in [0.15, 0.2) is 0 Å². The number of aryl methyl sites for hydroxylation is 1. The summed E-state index contributed by atoms with van der Waals surface area (Å²) in [6.45, 7) is 5.60. The lowest BCUT2D eigenvalue weighted by Crippen LogP contribution is -2.52. The Balaban J connectivity index is 1.42. The van der Waals surface area contributed by atoms with Gasteiger partial charge in [0, 0.05) is 37.1 Å². The van der Waals surface area contributed by atoms with Gasteiger partial charge in [-0.15, -0.1) is 0 Å². The number of pyridine rings is 1. The number of piperidine rings is 1. The summed E-state index contributed by atoms with van der Waals surface area (Å²) in [5.41, 5.74) is 1.69. The van der Waals surface area contributed by atoms with Gasteiger partial charge in [-0.2, -0.15) is 13.2 Å². The Hall–Kier alpha value is -2.09. The van der Waals surface area contributed by atoms with E-state index in [1.165, 1.54) is 18.9 Å². The van der Waals surface area contributed by atoms with Crippen molar-refractivity contribution in [1.29, 1.82) is 0 Å². The van der Waals surface area contributed by atoms with Crippen LogP contribution in [0.1, 0.15) is 42.6 Å². The van der Waals surface area contributed by atoms with Crippen molar-refractivity contribution in [3.05, 3.63) is 41.6 Å². The van der Waals surface area contributed by atoms with Crippen LogP contribution in [0.2, 0.25) is 0 Å². The molecule has 2 aromatic heterocycles. The molecule has 1 spiro atoms. The van der Waals surface area contributed by atoms with Crippen molar-refractivity contribution in [2.24, 2.45) is 0 Å². The van der Waals surface area contributed by atoms with Gasteiger partial charge in [-0.25, -0.2) is 9.97 Å². The van der Waals surface area contributed by atoms with Gasteiger partial charge in [-0.05, 0) is 51.3 Å². The highest BCUT2D eigenvalue weighted by molar-refractivity contribution is 5.40. The molecule has 4 rings (SSSR count). The summed E-state index contributed by atoms with van der Waals surface area (Å²) in [5, 5.41) is 0. The Morgan fingerprint density at radius 1 is 1.11 bits per heavy atom. The number of anilines is 1. The van der Waals surface area contributed by atoms with Crippen LogP contribution >= 0.6 is 0 Å². The molecule has 2 saturated heterocycles. The number of nitrogens with zero attached hydrogens (tertiary/aromatic N) is 4. The number of hydrogen-bond donors (Lipinski definition) is 1. The lowest BCUT2D eigenvalue weighted by atomic mass is 9.84. The molecule has 0 atom stereocenters. The third-order valence-corrected chi connectivity index (χ3v) is 6.11. The molecule has 2 aromatic rings. The second-order valence-electron chi connectivity index (χ2n) is 7.61. The first-order valence-corrected chi connectivity index (χ1v) is 9.39. The van der Waals surface area contributed by atoms with E-state index < -0.39 is 11.7 Å². The summed E-state index contributed by atoms with van der Waals surface area (Å²) >= 11 is 0. The minimum atomic E-state index is -4.34. The summed E-state index contributed by atoms with van der Waals surface area (Å²) in [7, 11) is 0. The molecule has 2 fully saturated rings. The Kier molecular flexibility index (Phi) is 4.61. The number of hydrogen-bond acceptors (Lipinski definition) is 4. The fourth-order valence-corrected chi connectivity index (χ4v) is 4.43. The van der Waals surface area contributed by atoms with Crippen molar-refractivity contribution in [2.75, 3.05) is 24.5 Å². The van der Waals surface area contributed by atoms with E-state index in [2.05, 4.69) is 24.8 Å². The van der Waals surface area contributed by atoms with E-state index in [-0.39, 0.29) is 5.54 Å². The highest BCUT2D eigenvalue weighted by atomic mass is 19.4. The van der Waals surface area contributed by atoms with Crippen LogP contribution in [0.4, 0.5) is 19.0 Å². The minimum absolute atomic E-state index is 0.174. The Labute approximate surface area is 156 Å². The Morgan fingerprint density at radius 2 is 1.89 bits per heavy atom. The molecule has 8 heteroatoms. The molecule has 2 aliphatic heterocycles. The molecule has 0 aromatic carbocycles. The van der Waals surface area contributed by atoms with E-state index in [0.29, 0.717) is 5.82 Å². The standard InChI is InChI=1S/C19H24F3N5/c1-14-16(25-13-24-14)12-27-8-2-5-18(27)6-9-26(10-7-18)17-4-3-15(11-23-17)19(20,21)22/h3-4,11,13H,2,5-10,12H2,1H3,(H,24,25). The second kappa shape index (κ2) is 6.82. The SMILES string of the molecule is Cc1[nH]cnc1CN1CCCC12CCN(c1ccc(C(F)(F)F)cn1)CC2. The molecular formula is C19H24F3N5. The van der Waals surface area contributed by atoms with Crippen LogP contribution in [-0.4, -0.2) is 45.0 Å². The number of likely N-dealkylation sites (tertiary alicyclic amines) is 1. The molecule has 0 unspecified atom stereocenters. The minimum Gasteiger partial charge on any atom is -0.356 e. The molecule has 4 heterocycles. The molecule has 0 amide bonds. The van der Waals surface area contributed by atoms with E-state index in [1.54, 1.807) is 6.33 Å². The van der Waals surface area contributed by atoms with E-state index >= 15 is 0 Å². The van der Waals surface area contributed by atoms with Crippen LogP contribution in [-0.2, 0) is 12.7 Å². The molecule has 0 aliphatic carbocycles. The smallest absolute Gasteiger partial charge is 0.356 e. The van der Waals surface area contributed by atoms with Gasteiger partial charge in [0.25, 0.3) is 0 Å². The monoisotopic (exact) mass is 379 g/mol. The molecule has 27 heavy (non-hydrogen) atoms. The number of rotatable bonds is 3. The van der Waals surface area contributed by atoms with E-state index in [9.17, 15) is 13.2 Å². The third-order valence-electron chi connectivity index (χ3n) is 6.11. The largest absolute Gasteiger partial charge is 0.417 e. The lowest BCUT2D eigenvalue weighted by Gasteiger charge is -2.45. The van der Waals surface area contributed by atoms with Crippen molar-refractivity contribution in [3.8, 4) is 0 Å². The average Bonchev–Trinajstić information content (AvgIpc) is 3.22. The third kappa shape index (κ3) is 3.54. The maximum absolute atomic E-state index is 12.7. The number of nitrogens with one attached hydrogen (secondary N) is 1. The Bertz CT molecular complexity index is 775. The predicted molar refractivity (Wildman–Crippen MR) is 96.4 cm³/mol. The van der Waals surface area contributed by atoms with Gasteiger partial charge < -0.3 is 9.88 Å². The highest BCUT2D eigenvalue weighted by Gasteiger charge is 2.43. The summed E-state index contributed by atoms with van der Waals surface area (Å²) in [6, 6.07) is 2.61. The van der Waals surface area contributed by atoms with Gasteiger partial charge in [0.2, 0.25) is 0 Å². The maximum atomic E-state index is 12.7. The van der Waals surface area contributed by atoms with Crippen molar-refractivity contribution in [3.63, 3.8) is 0 Å². The number of aromatic amines is 1. The summed E-state index contributed by atoms with van der Waals surface area (Å²) in [4.78, 5) is 16.3. The molecule has 0 bridgehead atoms. The first-order valence-electron chi connectivity index (χ1n) is 9.39. The topological polar surface area (TPSA) is 48.1 Å². The van der Waals surface area contributed by atoms with Gasteiger partial charge in [-0.1, -0.05) is 0 Å². The van der Waals surface area contributed by atoms with Gasteiger partial charge in [0.1, 0.15) is 5.82 Å².